The lowest BCUT2D eigenvalue weighted by molar-refractivity contribution is -0.118. The SMILES string of the molecule is NC(=O)C[C@H](N)C1CCCCCC1. The Hall–Kier alpha value is -0.570. The van der Waals surface area contributed by atoms with Gasteiger partial charge in [-0.05, 0) is 18.8 Å². The Bertz CT molecular complexity index is 162. The van der Waals surface area contributed by atoms with E-state index in [1.165, 1.54) is 38.5 Å². The minimum absolute atomic E-state index is 0.00407. The van der Waals surface area contributed by atoms with Crippen LogP contribution in [0.4, 0.5) is 0 Å². The van der Waals surface area contributed by atoms with Crippen LogP contribution in [0, 0.1) is 5.92 Å². The van der Waals surface area contributed by atoms with E-state index in [0.717, 1.165) is 0 Å². The van der Waals surface area contributed by atoms with E-state index < -0.39 is 0 Å². The van der Waals surface area contributed by atoms with Crippen molar-refractivity contribution in [3.8, 4) is 0 Å². The summed E-state index contributed by atoms with van der Waals surface area (Å²) in [4.78, 5) is 10.7. The molecule has 0 bridgehead atoms. The zero-order valence-electron chi connectivity index (χ0n) is 8.17. The van der Waals surface area contributed by atoms with Gasteiger partial charge in [0.2, 0.25) is 5.91 Å². The number of amides is 1. The average molecular weight is 184 g/mol. The fourth-order valence-electron chi connectivity index (χ4n) is 2.14. The van der Waals surface area contributed by atoms with Crippen LogP contribution in [0.1, 0.15) is 44.9 Å². The Kier molecular flexibility index (Phi) is 4.22. The number of rotatable bonds is 3. The smallest absolute Gasteiger partial charge is 0.218 e. The maximum Gasteiger partial charge on any atom is 0.218 e. The molecule has 4 N–H and O–H groups in total. The monoisotopic (exact) mass is 184 g/mol. The lowest BCUT2D eigenvalue weighted by atomic mass is 9.90. The van der Waals surface area contributed by atoms with E-state index >= 15 is 0 Å². The van der Waals surface area contributed by atoms with Gasteiger partial charge in [0.25, 0.3) is 0 Å². The molecule has 3 nitrogen and oxygen atoms in total. The molecule has 1 saturated carbocycles. The van der Waals surface area contributed by atoms with Gasteiger partial charge < -0.3 is 11.5 Å². The molecule has 0 aromatic rings. The first kappa shape index (κ1) is 10.5. The van der Waals surface area contributed by atoms with Crippen molar-refractivity contribution >= 4 is 5.91 Å². The Morgan fingerprint density at radius 2 is 1.77 bits per heavy atom. The Morgan fingerprint density at radius 1 is 1.23 bits per heavy atom. The zero-order valence-corrected chi connectivity index (χ0v) is 8.17. The molecule has 1 amide bonds. The molecule has 0 radical (unpaired) electrons. The lowest BCUT2D eigenvalue weighted by Crippen LogP contribution is -2.34. The first-order valence-corrected chi connectivity index (χ1v) is 5.24. The van der Waals surface area contributed by atoms with Crippen LogP contribution in [0.25, 0.3) is 0 Å². The van der Waals surface area contributed by atoms with Crippen molar-refractivity contribution in [2.24, 2.45) is 17.4 Å². The first-order chi connectivity index (χ1) is 6.20. The molecular weight excluding hydrogens is 164 g/mol. The molecule has 0 aliphatic heterocycles. The van der Waals surface area contributed by atoms with Crippen molar-refractivity contribution in [2.45, 2.75) is 51.0 Å². The predicted molar refractivity (Wildman–Crippen MR) is 53.0 cm³/mol. The number of primary amides is 1. The summed E-state index contributed by atoms with van der Waals surface area (Å²) in [5.74, 6) is 0.256. The summed E-state index contributed by atoms with van der Waals surface area (Å²) in [6, 6.07) is -0.00407. The molecule has 76 valence electrons. The van der Waals surface area contributed by atoms with Crippen LogP contribution >= 0.6 is 0 Å². The third-order valence-corrected chi connectivity index (χ3v) is 2.94. The quantitative estimate of drug-likeness (QED) is 0.646. The highest BCUT2D eigenvalue weighted by Crippen LogP contribution is 2.25. The Morgan fingerprint density at radius 3 is 2.23 bits per heavy atom. The van der Waals surface area contributed by atoms with Gasteiger partial charge in [-0.15, -0.1) is 0 Å². The van der Waals surface area contributed by atoms with Crippen LogP contribution in [-0.2, 0) is 4.79 Å². The van der Waals surface area contributed by atoms with Crippen molar-refractivity contribution < 1.29 is 4.79 Å². The standard InChI is InChI=1S/C10H20N2O/c11-9(7-10(12)13)8-5-3-1-2-4-6-8/h8-9H,1-7,11H2,(H2,12,13)/t9-/m0/s1. The first-order valence-electron chi connectivity index (χ1n) is 5.24. The molecule has 13 heavy (non-hydrogen) atoms. The molecule has 0 spiro atoms. The number of carbonyl (C=O) groups excluding carboxylic acids is 1. The molecule has 0 unspecified atom stereocenters. The van der Waals surface area contributed by atoms with E-state index in [2.05, 4.69) is 0 Å². The summed E-state index contributed by atoms with van der Waals surface area (Å²) < 4.78 is 0. The lowest BCUT2D eigenvalue weighted by Gasteiger charge is -2.20. The maximum absolute atomic E-state index is 10.7. The normalized spacial score (nSPS) is 22.2. The molecule has 0 saturated heterocycles. The number of hydrogen-bond acceptors (Lipinski definition) is 2. The van der Waals surface area contributed by atoms with Crippen molar-refractivity contribution in [1.29, 1.82) is 0 Å². The van der Waals surface area contributed by atoms with E-state index in [0.29, 0.717) is 12.3 Å². The number of nitrogens with two attached hydrogens (primary N) is 2. The summed E-state index contributed by atoms with van der Waals surface area (Å²) in [6.45, 7) is 0. The fraction of sp³-hybridized carbons (Fsp3) is 0.900. The molecule has 1 fully saturated rings. The van der Waals surface area contributed by atoms with Gasteiger partial charge >= 0.3 is 0 Å². The zero-order chi connectivity index (χ0) is 9.68. The minimum Gasteiger partial charge on any atom is -0.370 e. The summed E-state index contributed by atoms with van der Waals surface area (Å²) in [7, 11) is 0. The van der Waals surface area contributed by atoms with Crippen LogP contribution in [-0.4, -0.2) is 11.9 Å². The summed E-state index contributed by atoms with van der Waals surface area (Å²) in [5, 5.41) is 0. The third kappa shape index (κ3) is 3.77. The second kappa shape index (κ2) is 5.22. The summed E-state index contributed by atoms with van der Waals surface area (Å²) in [6.07, 6.45) is 7.86. The molecule has 1 aliphatic rings. The number of hydrogen-bond donors (Lipinski definition) is 2. The summed E-state index contributed by atoms with van der Waals surface area (Å²) in [5.41, 5.74) is 11.0. The van der Waals surface area contributed by atoms with Gasteiger partial charge in [-0.2, -0.15) is 0 Å². The second-order valence-corrected chi connectivity index (χ2v) is 4.09. The van der Waals surface area contributed by atoms with Crippen molar-refractivity contribution in [3.05, 3.63) is 0 Å². The van der Waals surface area contributed by atoms with Crippen LogP contribution in [0.15, 0.2) is 0 Å². The fourth-order valence-corrected chi connectivity index (χ4v) is 2.14. The van der Waals surface area contributed by atoms with Crippen LogP contribution in [0.5, 0.6) is 0 Å². The predicted octanol–water partition coefficient (Wildman–Crippen LogP) is 1.16. The average Bonchev–Trinajstić information content (AvgIpc) is 2.29. The molecular formula is C10H20N2O. The van der Waals surface area contributed by atoms with Gasteiger partial charge in [-0.3, -0.25) is 4.79 Å². The molecule has 3 heteroatoms. The molecule has 0 aromatic heterocycles. The van der Waals surface area contributed by atoms with Crippen LogP contribution in [0.2, 0.25) is 0 Å². The highest BCUT2D eigenvalue weighted by molar-refractivity contribution is 5.74. The Labute approximate surface area is 79.9 Å². The van der Waals surface area contributed by atoms with Gasteiger partial charge in [-0.1, -0.05) is 25.7 Å². The summed E-state index contributed by atoms with van der Waals surface area (Å²) >= 11 is 0. The van der Waals surface area contributed by atoms with Gasteiger partial charge in [0, 0.05) is 12.5 Å². The van der Waals surface area contributed by atoms with Crippen LogP contribution in [0.3, 0.4) is 0 Å². The minimum atomic E-state index is -0.267. The largest absolute Gasteiger partial charge is 0.370 e. The third-order valence-electron chi connectivity index (χ3n) is 2.94. The van der Waals surface area contributed by atoms with Gasteiger partial charge in [0.15, 0.2) is 0 Å². The van der Waals surface area contributed by atoms with E-state index in [9.17, 15) is 4.79 Å². The van der Waals surface area contributed by atoms with E-state index in [4.69, 9.17) is 11.5 Å². The van der Waals surface area contributed by atoms with Gasteiger partial charge in [0.1, 0.15) is 0 Å². The van der Waals surface area contributed by atoms with E-state index in [1.807, 2.05) is 0 Å². The molecule has 1 rings (SSSR count). The topological polar surface area (TPSA) is 69.1 Å². The molecule has 0 aromatic carbocycles. The van der Waals surface area contributed by atoms with Crippen LogP contribution < -0.4 is 11.5 Å². The Balaban J connectivity index is 2.34. The second-order valence-electron chi connectivity index (χ2n) is 4.09. The maximum atomic E-state index is 10.7. The van der Waals surface area contributed by atoms with Crippen molar-refractivity contribution in [1.82, 2.24) is 0 Å². The van der Waals surface area contributed by atoms with E-state index in [1.54, 1.807) is 0 Å². The number of carbonyl (C=O) groups is 1. The van der Waals surface area contributed by atoms with E-state index in [-0.39, 0.29) is 11.9 Å². The van der Waals surface area contributed by atoms with Crippen molar-refractivity contribution in [3.63, 3.8) is 0 Å². The van der Waals surface area contributed by atoms with Gasteiger partial charge in [-0.25, -0.2) is 0 Å². The molecule has 0 heterocycles. The highest BCUT2D eigenvalue weighted by Gasteiger charge is 2.20. The molecule has 1 aliphatic carbocycles. The highest BCUT2D eigenvalue weighted by atomic mass is 16.1. The van der Waals surface area contributed by atoms with Gasteiger partial charge in [0.05, 0.1) is 0 Å². The molecule has 1 atom stereocenters. The van der Waals surface area contributed by atoms with Crippen molar-refractivity contribution in [2.75, 3.05) is 0 Å².